The van der Waals surface area contributed by atoms with Crippen LogP contribution in [0, 0.1) is 6.92 Å². The van der Waals surface area contributed by atoms with Crippen LogP contribution < -0.4 is 0 Å². The van der Waals surface area contributed by atoms with Gasteiger partial charge in [0.25, 0.3) is 0 Å². The molecule has 4 nitrogen and oxygen atoms in total. The number of hydrogen-bond donors (Lipinski definition) is 2. The Kier molecular flexibility index (Phi) is 5.63. The van der Waals surface area contributed by atoms with Crippen molar-refractivity contribution in [3.63, 3.8) is 0 Å². The number of benzene rings is 2. The van der Waals surface area contributed by atoms with Crippen molar-refractivity contribution in [3.05, 3.63) is 93.3 Å². The van der Waals surface area contributed by atoms with E-state index in [-0.39, 0.29) is 0 Å². The molecule has 0 saturated heterocycles. The molecule has 5 heteroatoms. The lowest BCUT2D eigenvalue weighted by molar-refractivity contribution is -0.131. The highest BCUT2D eigenvalue weighted by Crippen LogP contribution is 2.38. The van der Waals surface area contributed by atoms with Gasteiger partial charge in [-0.25, -0.2) is 4.79 Å². The predicted octanol–water partition coefficient (Wildman–Crippen LogP) is 6.40. The number of fused-ring (bicyclic) bond motifs is 1. The second kappa shape index (κ2) is 8.51. The molecule has 0 atom stereocenters. The molecule has 0 aliphatic heterocycles. The molecule has 0 radical (unpaired) electrons. The van der Waals surface area contributed by atoms with E-state index in [0.29, 0.717) is 0 Å². The van der Waals surface area contributed by atoms with E-state index in [9.17, 15) is 4.79 Å². The first-order valence-corrected chi connectivity index (χ1v) is 10.7. The lowest BCUT2D eigenvalue weighted by atomic mass is 9.89. The summed E-state index contributed by atoms with van der Waals surface area (Å²) < 4.78 is 0. The summed E-state index contributed by atoms with van der Waals surface area (Å²) >= 11 is 1.77. The zero-order valence-corrected chi connectivity index (χ0v) is 17.7. The number of hydrogen-bond acceptors (Lipinski definition) is 3. The summed E-state index contributed by atoms with van der Waals surface area (Å²) in [4.78, 5) is 12.1. The van der Waals surface area contributed by atoms with E-state index in [2.05, 4.69) is 65.8 Å². The number of nitrogens with zero attached hydrogens (tertiary/aromatic N) is 1. The molecule has 4 aromatic rings. The Labute approximate surface area is 179 Å². The minimum Gasteiger partial charge on any atom is -0.478 e. The van der Waals surface area contributed by atoms with Gasteiger partial charge in [-0.1, -0.05) is 37.3 Å². The molecule has 0 spiro atoms. The minimum absolute atomic E-state index is 0.858. The number of allylic oxidation sites excluding steroid dienone is 1. The maximum Gasteiger partial charge on any atom is 0.328 e. The molecular formula is C25H22N2O2S. The predicted molar refractivity (Wildman–Crippen MR) is 124 cm³/mol. The van der Waals surface area contributed by atoms with Gasteiger partial charge in [-0.15, -0.1) is 11.3 Å². The molecule has 0 amide bonds. The number of carbonyl (C=O) groups is 1. The second-order valence-corrected chi connectivity index (χ2v) is 8.02. The lowest BCUT2D eigenvalue weighted by Gasteiger charge is -2.16. The van der Waals surface area contributed by atoms with Crippen molar-refractivity contribution in [2.24, 2.45) is 0 Å². The maximum atomic E-state index is 10.8. The molecule has 0 aliphatic carbocycles. The normalized spacial score (nSPS) is 12.5. The van der Waals surface area contributed by atoms with Crippen LogP contribution in [0.5, 0.6) is 0 Å². The van der Waals surface area contributed by atoms with Crippen LogP contribution in [0.25, 0.3) is 28.1 Å². The quantitative estimate of drug-likeness (QED) is 0.359. The smallest absolute Gasteiger partial charge is 0.328 e. The molecule has 2 N–H and O–H groups in total. The molecule has 150 valence electrons. The first-order valence-electron chi connectivity index (χ1n) is 9.79. The van der Waals surface area contributed by atoms with E-state index in [0.717, 1.165) is 40.1 Å². The monoisotopic (exact) mass is 414 g/mol. The van der Waals surface area contributed by atoms with E-state index < -0.39 is 5.97 Å². The molecule has 2 heterocycles. The highest BCUT2D eigenvalue weighted by molar-refractivity contribution is 7.11. The van der Waals surface area contributed by atoms with E-state index in [1.54, 1.807) is 17.4 Å². The summed E-state index contributed by atoms with van der Waals surface area (Å²) in [5.41, 5.74) is 7.89. The van der Waals surface area contributed by atoms with Gasteiger partial charge in [-0.2, -0.15) is 5.10 Å². The van der Waals surface area contributed by atoms with Crippen LogP contribution in [-0.4, -0.2) is 21.3 Å². The number of aromatic nitrogens is 2. The van der Waals surface area contributed by atoms with E-state index in [4.69, 9.17) is 5.11 Å². The Morgan fingerprint density at radius 2 is 1.90 bits per heavy atom. The molecule has 2 aromatic heterocycles. The molecule has 0 aliphatic rings. The van der Waals surface area contributed by atoms with Crippen LogP contribution in [0.2, 0.25) is 0 Å². The third-order valence-corrected chi connectivity index (χ3v) is 6.21. The molecule has 0 bridgehead atoms. The van der Waals surface area contributed by atoms with Gasteiger partial charge in [0.1, 0.15) is 0 Å². The first kappa shape index (κ1) is 19.9. The van der Waals surface area contributed by atoms with Crippen LogP contribution in [0.15, 0.2) is 66.2 Å². The lowest BCUT2D eigenvalue weighted by Crippen LogP contribution is -1.95. The summed E-state index contributed by atoms with van der Waals surface area (Å²) in [6, 6.07) is 16.6. The number of H-pyrrole nitrogens is 1. The van der Waals surface area contributed by atoms with Gasteiger partial charge in [-0.3, -0.25) is 5.10 Å². The van der Waals surface area contributed by atoms with Crippen LogP contribution >= 0.6 is 11.3 Å². The van der Waals surface area contributed by atoms with Gasteiger partial charge in [0.05, 0.1) is 11.7 Å². The van der Waals surface area contributed by atoms with Gasteiger partial charge in [-0.05, 0) is 76.4 Å². The van der Waals surface area contributed by atoms with Crippen LogP contribution in [-0.2, 0) is 4.79 Å². The van der Waals surface area contributed by atoms with Crippen molar-refractivity contribution < 1.29 is 9.90 Å². The number of aromatic amines is 1. The number of nitrogens with one attached hydrogen (secondary N) is 1. The van der Waals surface area contributed by atoms with E-state index in [1.165, 1.54) is 21.6 Å². The second-order valence-electron chi connectivity index (χ2n) is 7.11. The summed E-state index contributed by atoms with van der Waals surface area (Å²) in [7, 11) is 0. The van der Waals surface area contributed by atoms with Crippen molar-refractivity contribution in [2.75, 3.05) is 0 Å². The molecule has 0 fully saturated rings. The number of thiophene rings is 1. The summed E-state index contributed by atoms with van der Waals surface area (Å²) in [6.45, 7) is 4.34. The van der Waals surface area contributed by atoms with E-state index >= 15 is 0 Å². The fourth-order valence-electron chi connectivity index (χ4n) is 3.67. The molecule has 0 saturated carbocycles. The third kappa shape index (κ3) is 3.98. The number of rotatable bonds is 6. The van der Waals surface area contributed by atoms with Gasteiger partial charge in [0.15, 0.2) is 0 Å². The Morgan fingerprint density at radius 1 is 1.13 bits per heavy atom. The first-order chi connectivity index (χ1) is 14.6. The number of carboxylic acid groups (broad SMARTS) is 1. The number of carboxylic acids is 1. The van der Waals surface area contributed by atoms with Gasteiger partial charge in [0.2, 0.25) is 0 Å². The van der Waals surface area contributed by atoms with Crippen molar-refractivity contribution >= 4 is 45.4 Å². The fourth-order valence-corrected chi connectivity index (χ4v) is 4.73. The van der Waals surface area contributed by atoms with Crippen molar-refractivity contribution in [1.29, 1.82) is 0 Å². The minimum atomic E-state index is -0.950. The largest absolute Gasteiger partial charge is 0.478 e. The third-order valence-electron chi connectivity index (χ3n) is 5.14. The number of aryl methyl sites for hydroxylation is 1. The fraction of sp³-hybridized carbons (Fsp3) is 0.120. The average Bonchev–Trinajstić information content (AvgIpc) is 3.39. The highest BCUT2D eigenvalue weighted by atomic mass is 32.1. The highest BCUT2D eigenvalue weighted by Gasteiger charge is 2.16. The molecule has 0 unspecified atom stereocenters. The summed E-state index contributed by atoms with van der Waals surface area (Å²) in [5, 5.41) is 19.3. The Balaban J connectivity index is 1.90. The topological polar surface area (TPSA) is 66.0 Å². The zero-order chi connectivity index (χ0) is 21.1. The van der Waals surface area contributed by atoms with Crippen molar-refractivity contribution in [2.45, 2.75) is 20.3 Å². The van der Waals surface area contributed by atoms with Crippen LogP contribution in [0.1, 0.15) is 40.5 Å². The zero-order valence-electron chi connectivity index (χ0n) is 16.8. The molecular weight excluding hydrogens is 392 g/mol. The Hall–Kier alpha value is -3.44. The summed E-state index contributed by atoms with van der Waals surface area (Å²) in [5.74, 6) is -0.950. The van der Waals surface area contributed by atoms with Gasteiger partial charge < -0.3 is 5.11 Å². The van der Waals surface area contributed by atoms with Crippen LogP contribution in [0.3, 0.4) is 0 Å². The van der Waals surface area contributed by atoms with Crippen molar-refractivity contribution in [3.8, 4) is 0 Å². The average molecular weight is 415 g/mol. The SMILES string of the molecule is CCC(=C(c1ccc(C=CC(=O)O)cc1)c1ccc2[nH]ncc2c1)c1sccc1C. The van der Waals surface area contributed by atoms with Crippen molar-refractivity contribution in [1.82, 2.24) is 10.2 Å². The molecule has 2 aromatic carbocycles. The summed E-state index contributed by atoms with van der Waals surface area (Å²) in [6.07, 6.45) is 5.52. The number of aliphatic carboxylic acids is 1. The van der Waals surface area contributed by atoms with E-state index in [1.807, 2.05) is 18.3 Å². The van der Waals surface area contributed by atoms with Gasteiger partial charge in [0, 0.05) is 16.3 Å². The molecule has 4 rings (SSSR count). The Bertz CT molecular complexity index is 1260. The standard InChI is InChI=1S/C25H22N2O2S/c1-3-21(25-16(2)12-13-30-25)24(19-9-10-22-20(14-19)15-26-27-22)18-7-4-17(5-8-18)6-11-23(28)29/h4-15H,3H2,1-2H3,(H,26,27)(H,28,29). The van der Waals surface area contributed by atoms with Gasteiger partial charge >= 0.3 is 5.97 Å². The molecule has 30 heavy (non-hydrogen) atoms. The van der Waals surface area contributed by atoms with Crippen LogP contribution in [0.4, 0.5) is 0 Å². The Morgan fingerprint density at radius 3 is 2.57 bits per heavy atom. The maximum absolute atomic E-state index is 10.8.